The molecular weight excluding hydrogens is 306 g/mol. The van der Waals surface area contributed by atoms with Crippen LogP contribution < -0.4 is 14.2 Å². The summed E-state index contributed by atoms with van der Waals surface area (Å²) in [6, 6.07) is 13.1. The highest BCUT2D eigenvalue weighted by Crippen LogP contribution is 2.31. The van der Waals surface area contributed by atoms with Crippen LogP contribution in [-0.4, -0.2) is 45.2 Å². The van der Waals surface area contributed by atoms with Crippen LogP contribution in [0.15, 0.2) is 42.5 Å². The van der Waals surface area contributed by atoms with E-state index in [9.17, 15) is 4.79 Å². The molecule has 2 rings (SSSR count). The molecule has 24 heavy (non-hydrogen) atoms. The summed E-state index contributed by atoms with van der Waals surface area (Å²) in [4.78, 5) is 14.2. The minimum absolute atomic E-state index is 0.141. The van der Waals surface area contributed by atoms with Gasteiger partial charge in [-0.2, -0.15) is 0 Å². The van der Waals surface area contributed by atoms with Crippen LogP contribution in [0.1, 0.15) is 15.9 Å². The van der Waals surface area contributed by atoms with Gasteiger partial charge in [0.1, 0.15) is 12.4 Å². The van der Waals surface area contributed by atoms with E-state index in [2.05, 4.69) is 0 Å². The van der Waals surface area contributed by atoms with Gasteiger partial charge in [-0.1, -0.05) is 23.8 Å². The van der Waals surface area contributed by atoms with Crippen molar-refractivity contribution in [1.29, 1.82) is 0 Å². The van der Waals surface area contributed by atoms with E-state index in [0.29, 0.717) is 30.2 Å². The summed E-state index contributed by atoms with van der Waals surface area (Å²) in [5.74, 6) is 1.63. The molecule has 0 unspecified atom stereocenters. The van der Waals surface area contributed by atoms with Gasteiger partial charge < -0.3 is 19.1 Å². The monoisotopic (exact) mass is 329 g/mol. The standard InChI is InChI=1S/C19H23NO4/c1-14-8-10-15(11-9-14)24-13-12-20(2)19(21)16-6-5-7-17(22-3)18(16)23-4/h5-11H,12-13H2,1-4H3. The molecule has 2 aromatic carbocycles. The topological polar surface area (TPSA) is 48.0 Å². The lowest BCUT2D eigenvalue weighted by atomic mass is 10.1. The summed E-state index contributed by atoms with van der Waals surface area (Å²) in [5, 5.41) is 0. The first kappa shape index (κ1) is 17.7. The van der Waals surface area contributed by atoms with E-state index in [0.717, 1.165) is 5.75 Å². The zero-order valence-electron chi connectivity index (χ0n) is 14.5. The maximum atomic E-state index is 12.6. The van der Waals surface area contributed by atoms with Crippen LogP contribution in [0.4, 0.5) is 0 Å². The number of benzene rings is 2. The lowest BCUT2D eigenvalue weighted by Gasteiger charge is -2.19. The number of aryl methyl sites for hydroxylation is 1. The number of rotatable bonds is 7. The second-order valence-corrected chi connectivity index (χ2v) is 5.43. The zero-order chi connectivity index (χ0) is 17.5. The molecule has 5 heteroatoms. The fourth-order valence-corrected chi connectivity index (χ4v) is 2.30. The van der Waals surface area contributed by atoms with E-state index in [1.54, 1.807) is 37.3 Å². The maximum Gasteiger partial charge on any atom is 0.257 e. The third kappa shape index (κ3) is 4.19. The Hall–Kier alpha value is -2.69. The van der Waals surface area contributed by atoms with Gasteiger partial charge in [-0.15, -0.1) is 0 Å². The van der Waals surface area contributed by atoms with Crippen molar-refractivity contribution in [3.05, 3.63) is 53.6 Å². The number of methoxy groups -OCH3 is 2. The molecule has 0 spiro atoms. The lowest BCUT2D eigenvalue weighted by molar-refractivity contribution is 0.0769. The SMILES string of the molecule is COc1cccc(C(=O)N(C)CCOc2ccc(C)cc2)c1OC. The first-order valence-electron chi connectivity index (χ1n) is 7.72. The highest BCUT2D eigenvalue weighted by molar-refractivity contribution is 5.97. The Bertz CT molecular complexity index is 682. The molecule has 0 aromatic heterocycles. The van der Waals surface area contributed by atoms with Crippen molar-refractivity contribution in [1.82, 2.24) is 4.90 Å². The van der Waals surface area contributed by atoms with Crippen LogP contribution in [0.2, 0.25) is 0 Å². The molecule has 0 fully saturated rings. The molecule has 0 aliphatic rings. The van der Waals surface area contributed by atoms with Crippen molar-refractivity contribution in [3.8, 4) is 17.2 Å². The summed E-state index contributed by atoms with van der Waals surface area (Å²) in [7, 11) is 4.81. The van der Waals surface area contributed by atoms with E-state index in [4.69, 9.17) is 14.2 Å². The summed E-state index contributed by atoms with van der Waals surface area (Å²) in [6.45, 7) is 2.91. The van der Waals surface area contributed by atoms with Crippen molar-refractivity contribution in [3.63, 3.8) is 0 Å². The van der Waals surface area contributed by atoms with Gasteiger partial charge in [0.05, 0.1) is 26.3 Å². The number of hydrogen-bond donors (Lipinski definition) is 0. The normalized spacial score (nSPS) is 10.2. The predicted octanol–water partition coefficient (Wildman–Crippen LogP) is 3.16. The number of nitrogens with zero attached hydrogens (tertiary/aromatic N) is 1. The Labute approximate surface area is 142 Å². The fraction of sp³-hybridized carbons (Fsp3) is 0.316. The third-order valence-electron chi connectivity index (χ3n) is 3.70. The van der Waals surface area contributed by atoms with E-state index in [-0.39, 0.29) is 5.91 Å². The molecule has 0 saturated carbocycles. The van der Waals surface area contributed by atoms with Gasteiger partial charge in [0.15, 0.2) is 11.5 Å². The molecule has 1 amide bonds. The van der Waals surface area contributed by atoms with Crippen LogP contribution in [0.5, 0.6) is 17.2 Å². The fourth-order valence-electron chi connectivity index (χ4n) is 2.30. The lowest BCUT2D eigenvalue weighted by Crippen LogP contribution is -2.31. The first-order chi connectivity index (χ1) is 11.6. The van der Waals surface area contributed by atoms with Crippen LogP contribution in [-0.2, 0) is 0 Å². The summed E-state index contributed by atoms with van der Waals surface area (Å²) < 4.78 is 16.2. The largest absolute Gasteiger partial charge is 0.493 e. The highest BCUT2D eigenvalue weighted by atomic mass is 16.5. The van der Waals surface area contributed by atoms with E-state index in [1.165, 1.54) is 12.7 Å². The Balaban J connectivity index is 1.98. The van der Waals surface area contributed by atoms with Crippen LogP contribution in [0, 0.1) is 6.92 Å². The van der Waals surface area contributed by atoms with Gasteiger partial charge in [0.25, 0.3) is 5.91 Å². The molecule has 0 aliphatic heterocycles. The summed E-state index contributed by atoms with van der Waals surface area (Å²) in [6.07, 6.45) is 0. The molecule has 0 aliphatic carbocycles. The molecule has 128 valence electrons. The number of carbonyl (C=O) groups is 1. The first-order valence-corrected chi connectivity index (χ1v) is 7.72. The average Bonchev–Trinajstić information content (AvgIpc) is 2.61. The van der Waals surface area contributed by atoms with Gasteiger partial charge in [-0.05, 0) is 31.2 Å². The zero-order valence-corrected chi connectivity index (χ0v) is 14.5. The van der Waals surface area contributed by atoms with E-state index < -0.39 is 0 Å². The molecule has 5 nitrogen and oxygen atoms in total. The Morgan fingerprint density at radius 3 is 2.38 bits per heavy atom. The number of likely N-dealkylation sites (N-methyl/N-ethyl adjacent to an activating group) is 1. The number of amides is 1. The van der Waals surface area contributed by atoms with Crippen LogP contribution in [0.25, 0.3) is 0 Å². The molecule has 0 heterocycles. The molecular formula is C19H23NO4. The van der Waals surface area contributed by atoms with Gasteiger partial charge in [0, 0.05) is 7.05 Å². The molecule has 2 aromatic rings. The van der Waals surface area contributed by atoms with Gasteiger partial charge in [-0.3, -0.25) is 4.79 Å². The average molecular weight is 329 g/mol. The number of hydrogen-bond acceptors (Lipinski definition) is 4. The second kappa shape index (κ2) is 8.24. The third-order valence-corrected chi connectivity index (χ3v) is 3.70. The summed E-state index contributed by atoms with van der Waals surface area (Å²) >= 11 is 0. The van der Waals surface area contributed by atoms with Crippen molar-refractivity contribution in [2.45, 2.75) is 6.92 Å². The highest BCUT2D eigenvalue weighted by Gasteiger charge is 2.19. The van der Waals surface area contributed by atoms with Crippen molar-refractivity contribution >= 4 is 5.91 Å². The summed E-state index contributed by atoms with van der Waals surface area (Å²) in [5.41, 5.74) is 1.65. The molecule has 0 radical (unpaired) electrons. The second-order valence-electron chi connectivity index (χ2n) is 5.43. The van der Waals surface area contributed by atoms with Gasteiger partial charge >= 0.3 is 0 Å². The Morgan fingerprint density at radius 2 is 1.75 bits per heavy atom. The predicted molar refractivity (Wildman–Crippen MR) is 93.2 cm³/mol. The van der Waals surface area contributed by atoms with E-state index >= 15 is 0 Å². The minimum Gasteiger partial charge on any atom is -0.493 e. The van der Waals surface area contributed by atoms with Crippen molar-refractivity contribution in [2.75, 3.05) is 34.4 Å². The van der Waals surface area contributed by atoms with Gasteiger partial charge in [-0.25, -0.2) is 0 Å². The smallest absolute Gasteiger partial charge is 0.257 e. The number of ether oxygens (including phenoxy) is 3. The van der Waals surface area contributed by atoms with Crippen LogP contribution >= 0.6 is 0 Å². The Kier molecular flexibility index (Phi) is 6.07. The Morgan fingerprint density at radius 1 is 1.04 bits per heavy atom. The maximum absolute atomic E-state index is 12.6. The quantitative estimate of drug-likeness (QED) is 0.783. The molecule has 0 N–H and O–H groups in total. The van der Waals surface area contributed by atoms with Gasteiger partial charge in [0.2, 0.25) is 0 Å². The van der Waals surface area contributed by atoms with E-state index in [1.807, 2.05) is 31.2 Å². The molecule has 0 saturated heterocycles. The van der Waals surface area contributed by atoms with Crippen LogP contribution in [0.3, 0.4) is 0 Å². The minimum atomic E-state index is -0.141. The molecule has 0 atom stereocenters. The number of para-hydroxylation sites is 1. The van der Waals surface area contributed by atoms with Crippen molar-refractivity contribution in [2.24, 2.45) is 0 Å². The molecule has 0 bridgehead atoms. The van der Waals surface area contributed by atoms with Crippen molar-refractivity contribution < 1.29 is 19.0 Å². The number of carbonyl (C=O) groups excluding carboxylic acids is 1.